The summed E-state index contributed by atoms with van der Waals surface area (Å²) in [5.41, 5.74) is 0.436. The summed E-state index contributed by atoms with van der Waals surface area (Å²) >= 11 is 0. The Bertz CT molecular complexity index is 449. The first-order valence-electron chi connectivity index (χ1n) is 7.08. The lowest BCUT2D eigenvalue weighted by molar-refractivity contribution is -0.138. The molecule has 1 heterocycles. The molecule has 1 aromatic rings. The summed E-state index contributed by atoms with van der Waals surface area (Å²) in [4.78, 5) is 2.04. The Morgan fingerprint density at radius 1 is 1.25 bits per heavy atom. The van der Waals surface area contributed by atoms with Crippen molar-refractivity contribution in [1.82, 2.24) is 5.32 Å². The molecule has 0 radical (unpaired) electrons. The molecule has 0 amide bonds. The number of benzene rings is 1. The van der Waals surface area contributed by atoms with Crippen LogP contribution >= 0.6 is 0 Å². The molecule has 0 aromatic heterocycles. The van der Waals surface area contributed by atoms with Gasteiger partial charge in [-0.1, -0.05) is 13.0 Å². The number of rotatable bonds is 3. The summed E-state index contributed by atoms with van der Waals surface area (Å²) in [6.45, 7) is 6.12. The quantitative estimate of drug-likeness (QED) is 0.913. The Kier molecular flexibility index (Phi) is 4.58. The number of hydrogen-bond acceptors (Lipinski definition) is 2. The van der Waals surface area contributed by atoms with Gasteiger partial charge in [0.1, 0.15) is 0 Å². The van der Waals surface area contributed by atoms with Gasteiger partial charge in [0.25, 0.3) is 0 Å². The normalized spacial score (nSPS) is 17.6. The Labute approximate surface area is 118 Å². The van der Waals surface area contributed by atoms with Crippen molar-refractivity contribution in [1.29, 1.82) is 0 Å². The van der Waals surface area contributed by atoms with E-state index >= 15 is 0 Å². The maximum atomic E-state index is 12.9. The van der Waals surface area contributed by atoms with E-state index in [0.717, 1.165) is 32.5 Å². The molecule has 1 aromatic carbocycles. The van der Waals surface area contributed by atoms with Crippen LogP contribution in [0.3, 0.4) is 0 Å². The number of anilines is 1. The third-order valence-electron chi connectivity index (χ3n) is 3.88. The van der Waals surface area contributed by atoms with E-state index in [9.17, 15) is 13.2 Å². The van der Waals surface area contributed by atoms with Gasteiger partial charge in [0.05, 0.1) is 5.56 Å². The van der Waals surface area contributed by atoms with Crippen LogP contribution in [0.5, 0.6) is 0 Å². The number of nitrogens with zero attached hydrogens (tertiary/aromatic N) is 1. The zero-order chi connectivity index (χ0) is 14.8. The maximum Gasteiger partial charge on any atom is 0.416 e. The first-order chi connectivity index (χ1) is 9.41. The van der Waals surface area contributed by atoms with E-state index in [2.05, 4.69) is 12.2 Å². The summed E-state index contributed by atoms with van der Waals surface area (Å²) in [6.07, 6.45) is -2.33. The van der Waals surface area contributed by atoms with Crippen LogP contribution in [0, 0.1) is 6.92 Å². The van der Waals surface area contributed by atoms with E-state index in [4.69, 9.17) is 0 Å². The van der Waals surface area contributed by atoms with Crippen molar-refractivity contribution in [3.63, 3.8) is 0 Å². The summed E-state index contributed by atoms with van der Waals surface area (Å²) < 4.78 is 38.8. The number of halogens is 3. The molecule has 2 nitrogen and oxygen atoms in total. The first kappa shape index (κ1) is 15.2. The van der Waals surface area contributed by atoms with Crippen molar-refractivity contribution in [2.24, 2.45) is 0 Å². The molecule has 1 saturated heterocycles. The van der Waals surface area contributed by atoms with Crippen LogP contribution in [0.25, 0.3) is 0 Å². The van der Waals surface area contributed by atoms with Crippen molar-refractivity contribution < 1.29 is 13.2 Å². The van der Waals surface area contributed by atoms with Crippen molar-refractivity contribution in [2.45, 2.75) is 38.9 Å². The average molecular weight is 286 g/mol. The highest BCUT2D eigenvalue weighted by Crippen LogP contribution is 2.34. The summed E-state index contributed by atoms with van der Waals surface area (Å²) in [5, 5.41) is 3.39. The Balaban J connectivity index is 2.11. The third-order valence-corrected chi connectivity index (χ3v) is 3.88. The second-order valence-electron chi connectivity index (χ2n) is 5.32. The third kappa shape index (κ3) is 3.45. The van der Waals surface area contributed by atoms with Crippen LogP contribution in [0.1, 0.15) is 30.9 Å². The van der Waals surface area contributed by atoms with Gasteiger partial charge >= 0.3 is 6.18 Å². The predicted molar refractivity (Wildman–Crippen MR) is 75.1 cm³/mol. The molecule has 20 heavy (non-hydrogen) atoms. The first-order valence-corrected chi connectivity index (χ1v) is 7.08. The number of aryl methyl sites for hydroxylation is 1. The molecule has 1 fully saturated rings. The molecule has 5 heteroatoms. The van der Waals surface area contributed by atoms with Crippen molar-refractivity contribution in [2.75, 3.05) is 24.5 Å². The fourth-order valence-corrected chi connectivity index (χ4v) is 2.74. The molecule has 0 aliphatic carbocycles. The van der Waals surface area contributed by atoms with Gasteiger partial charge in [-0.05, 0) is 44.0 Å². The van der Waals surface area contributed by atoms with Gasteiger partial charge in [0.15, 0.2) is 0 Å². The van der Waals surface area contributed by atoms with Crippen molar-refractivity contribution in [3.8, 4) is 0 Å². The van der Waals surface area contributed by atoms with Crippen LogP contribution in [-0.4, -0.2) is 25.7 Å². The molecule has 0 atom stereocenters. The van der Waals surface area contributed by atoms with Gasteiger partial charge in [-0.15, -0.1) is 0 Å². The molecule has 0 bridgehead atoms. The van der Waals surface area contributed by atoms with Gasteiger partial charge in [-0.3, -0.25) is 0 Å². The fraction of sp³-hybridized carbons (Fsp3) is 0.600. The van der Waals surface area contributed by atoms with E-state index in [-0.39, 0.29) is 5.56 Å². The Morgan fingerprint density at radius 3 is 2.45 bits per heavy atom. The highest BCUT2D eigenvalue weighted by Gasteiger charge is 2.33. The minimum Gasteiger partial charge on any atom is -0.371 e. The molecule has 112 valence electrons. The minimum atomic E-state index is -4.28. The van der Waals surface area contributed by atoms with Crippen LogP contribution in [-0.2, 0) is 6.18 Å². The lowest BCUT2D eigenvalue weighted by Crippen LogP contribution is -2.42. The van der Waals surface area contributed by atoms with Crippen molar-refractivity contribution >= 4 is 5.69 Å². The van der Waals surface area contributed by atoms with Crippen LogP contribution in [0.4, 0.5) is 18.9 Å². The zero-order valence-corrected chi connectivity index (χ0v) is 11.9. The van der Waals surface area contributed by atoms with Gasteiger partial charge in [0, 0.05) is 24.8 Å². The molecular weight excluding hydrogens is 265 g/mol. The standard InChI is InChI=1S/C15H21F3N2/c1-3-19-12-6-8-20(9-7-12)13-5-4-11(2)14(10-13)15(16,17)18/h4-5,10,12,19H,3,6-9H2,1-2H3. The smallest absolute Gasteiger partial charge is 0.371 e. The highest BCUT2D eigenvalue weighted by molar-refractivity contribution is 5.52. The molecule has 2 rings (SSSR count). The van der Waals surface area contributed by atoms with Crippen LogP contribution in [0.2, 0.25) is 0 Å². The lowest BCUT2D eigenvalue weighted by atomic mass is 10.0. The number of alkyl halides is 3. The molecule has 1 N–H and O–H groups in total. The largest absolute Gasteiger partial charge is 0.416 e. The maximum absolute atomic E-state index is 12.9. The highest BCUT2D eigenvalue weighted by atomic mass is 19.4. The topological polar surface area (TPSA) is 15.3 Å². The molecule has 0 spiro atoms. The molecule has 0 unspecified atom stereocenters. The van der Waals surface area contributed by atoms with Gasteiger partial charge in [-0.25, -0.2) is 0 Å². The van der Waals surface area contributed by atoms with Crippen LogP contribution < -0.4 is 10.2 Å². The number of hydrogen-bond donors (Lipinski definition) is 1. The fourth-order valence-electron chi connectivity index (χ4n) is 2.74. The number of nitrogens with one attached hydrogen (secondary N) is 1. The van der Waals surface area contributed by atoms with Crippen molar-refractivity contribution in [3.05, 3.63) is 29.3 Å². The summed E-state index contributed by atoms with van der Waals surface area (Å²) in [5.74, 6) is 0. The molecule has 0 saturated carbocycles. The van der Waals surface area contributed by atoms with Crippen LogP contribution in [0.15, 0.2) is 18.2 Å². The minimum absolute atomic E-state index is 0.281. The Morgan fingerprint density at radius 2 is 1.90 bits per heavy atom. The van der Waals surface area contributed by atoms with E-state index in [1.165, 1.54) is 13.0 Å². The Hall–Kier alpha value is -1.23. The lowest BCUT2D eigenvalue weighted by Gasteiger charge is -2.34. The zero-order valence-electron chi connectivity index (χ0n) is 11.9. The van der Waals surface area contributed by atoms with Gasteiger partial charge in [0.2, 0.25) is 0 Å². The second kappa shape index (κ2) is 6.04. The van der Waals surface area contributed by atoms with Gasteiger partial charge < -0.3 is 10.2 Å². The predicted octanol–water partition coefficient (Wildman–Crippen LogP) is 3.59. The molecule has 1 aliphatic rings. The van der Waals surface area contributed by atoms with Gasteiger partial charge in [-0.2, -0.15) is 13.2 Å². The molecule has 1 aliphatic heterocycles. The number of piperidine rings is 1. The SMILES string of the molecule is CCNC1CCN(c2ccc(C)c(C(F)(F)F)c2)CC1. The summed E-state index contributed by atoms with van der Waals surface area (Å²) in [7, 11) is 0. The van der Waals surface area contributed by atoms with E-state index in [1.807, 2.05) is 4.90 Å². The second-order valence-corrected chi connectivity index (χ2v) is 5.32. The van der Waals surface area contributed by atoms with E-state index in [0.29, 0.717) is 11.7 Å². The monoisotopic (exact) mass is 286 g/mol. The molecular formula is C15H21F3N2. The van der Waals surface area contributed by atoms with E-state index < -0.39 is 11.7 Å². The average Bonchev–Trinajstić information content (AvgIpc) is 2.39. The van der Waals surface area contributed by atoms with E-state index in [1.54, 1.807) is 12.1 Å². The summed E-state index contributed by atoms with van der Waals surface area (Å²) in [6, 6.07) is 5.12.